The summed E-state index contributed by atoms with van der Waals surface area (Å²) in [5.74, 6) is -1.23. The van der Waals surface area contributed by atoms with Crippen molar-refractivity contribution < 1.29 is 31.1 Å². The van der Waals surface area contributed by atoms with Gasteiger partial charge in [0.2, 0.25) is 15.8 Å². The number of fused-ring (bicyclic) bond motifs is 1. The van der Waals surface area contributed by atoms with Crippen LogP contribution >= 0.6 is 11.6 Å². The number of ether oxygens (including phenoxy) is 2. The molecule has 1 aromatic heterocycles. The fourth-order valence-corrected chi connectivity index (χ4v) is 4.88. The average molecular weight is 503 g/mol. The Kier molecular flexibility index (Phi) is 6.36. The number of methoxy groups -OCH3 is 1. The molecular weight excluding hydrogens is 485 g/mol. The number of aromatic nitrogens is 2. The van der Waals surface area contributed by atoms with Crippen LogP contribution in [0.1, 0.15) is 5.82 Å². The molecule has 176 valence electrons. The molecule has 1 aliphatic heterocycles. The van der Waals surface area contributed by atoms with Crippen LogP contribution in [0.3, 0.4) is 0 Å². The summed E-state index contributed by atoms with van der Waals surface area (Å²) in [5, 5.41) is 3.12. The minimum absolute atomic E-state index is 0.00705. The lowest BCUT2D eigenvalue weighted by Crippen LogP contribution is -2.40. The molecule has 0 saturated carbocycles. The summed E-state index contributed by atoms with van der Waals surface area (Å²) >= 11 is 6.23. The second-order valence-electron chi connectivity index (χ2n) is 7.06. The molecule has 8 nitrogen and oxygen atoms in total. The van der Waals surface area contributed by atoms with Gasteiger partial charge in [0.1, 0.15) is 11.6 Å². The van der Waals surface area contributed by atoms with E-state index in [1.165, 1.54) is 41.7 Å². The van der Waals surface area contributed by atoms with E-state index in [-0.39, 0.29) is 58.6 Å². The average Bonchev–Trinajstić information content (AvgIpc) is 2.79. The van der Waals surface area contributed by atoms with Crippen molar-refractivity contribution in [1.82, 2.24) is 14.3 Å². The van der Waals surface area contributed by atoms with Crippen molar-refractivity contribution in [2.45, 2.75) is 11.1 Å². The van der Waals surface area contributed by atoms with Gasteiger partial charge < -0.3 is 14.8 Å². The smallest absolute Gasteiger partial charge is 0.451 e. The third-order valence-corrected chi connectivity index (χ3v) is 7.18. The first kappa shape index (κ1) is 23.5. The number of nitrogens with zero attached hydrogens (tertiary/aromatic N) is 3. The van der Waals surface area contributed by atoms with Gasteiger partial charge >= 0.3 is 6.18 Å². The van der Waals surface area contributed by atoms with Gasteiger partial charge in [-0.1, -0.05) is 11.6 Å². The van der Waals surface area contributed by atoms with Gasteiger partial charge in [-0.3, -0.25) is 0 Å². The van der Waals surface area contributed by atoms with Crippen LogP contribution in [0.5, 0.6) is 5.75 Å². The quantitative estimate of drug-likeness (QED) is 0.562. The van der Waals surface area contributed by atoms with Crippen LogP contribution in [0.2, 0.25) is 5.02 Å². The first-order chi connectivity index (χ1) is 15.6. The van der Waals surface area contributed by atoms with Crippen LogP contribution in [0.25, 0.3) is 10.9 Å². The molecule has 0 amide bonds. The molecule has 1 N–H and O–H groups in total. The van der Waals surface area contributed by atoms with Crippen LogP contribution in [-0.4, -0.2) is 56.1 Å². The zero-order chi connectivity index (χ0) is 23.8. The normalized spacial score (nSPS) is 15.5. The van der Waals surface area contributed by atoms with Crippen LogP contribution in [0.4, 0.5) is 24.7 Å². The topological polar surface area (TPSA) is 93.7 Å². The van der Waals surface area contributed by atoms with E-state index in [2.05, 4.69) is 15.3 Å². The van der Waals surface area contributed by atoms with Crippen molar-refractivity contribution in [1.29, 1.82) is 0 Å². The number of halogens is 4. The number of anilines is 2. The van der Waals surface area contributed by atoms with Crippen molar-refractivity contribution in [3.63, 3.8) is 0 Å². The SMILES string of the molecule is COc1ccc2c(Nc3cc(S(=O)(=O)N4CCOCC4)ccc3Cl)nc(C(F)(F)F)nc2c1. The van der Waals surface area contributed by atoms with E-state index in [0.29, 0.717) is 5.75 Å². The number of benzene rings is 2. The third-order valence-electron chi connectivity index (χ3n) is 4.96. The largest absolute Gasteiger partial charge is 0.497 e. The number of alkyl halides is 3. The second kappa shape index (κ2) is 8.93. The van der Waals surface area contributed by atoms with Gasteiger partial charge in [-0.05, 0) is 30.3 Å². The van der Waals surface area contributed by atoms with Gasteiger partial charge in [-0.15, -0.1) is 0 Å². The van der Waals surface area contributed by atoms with E-state index in [9.17, 15) is 21.6 Å². The molecule has 0 spiro atoms. The van der Waals surface area contributed by atoms with Crippen LogP contribution in [0.15, 0.2) is 41.3 Å². The van der Waals surface area contributed by atoms with Crippen molar-refractivity contribution in [3.05, 3.63) is 47.2 Å². The van der Waals surface area contributed by atoms with Crippen molar-refractivity contribution in [3.8, 4) is 5.75 Å². The minimum Gasteiger partial charge on any atom is -0.497 e. The molecule has 0 aliphatic carbocycles. The molecule has 0 unspecified atom stereocenters. The molecular formula is C20H18ClF3N4O4S. The monoisotopic (exact) mass is 502 g/mol. The lowest BCUT2D eigenvalue weighted by atomic mass is 10.2. The Hall–Kier alpha value is -2.67. The molecule has 0 radical (unpaired) electrons. The Morgan fingerprint density at radius 2 is 1.85 bits per heavy atom. The van der Waals surface area contributed by atoms with Crippen molar-refractivity contribution in [2.75, 3.05) is 38.7 Å². The molecule has 1 fully saturated rings. The Balaban J connectivity index is 1.78. The number of sulfonamides is 1. The summed E-state index contributed by atoms with van der Waals surface area (Å²) in [5.41, 5.74) is 0.0716. The van der Waals surface area contributed by atoms with Crippen molar-refractivity contribution >= 4 is 44.0 Å². The first-order valence-corrected chi connectivity index (χ1v) is 11.5. The van der Waals surface area contributed by atoms with E-state index >= 15 is 0 Å². The Morgan fingerprint density at radius 3 is 2.52 bits per heavy atom. The fourth-order valence-electron chi connectivity index (χ4n) is 3.28. The zero-order valence-corrected chi connectivity index (χ0v) is 18.8. The predicted octanol–water partition coefficient (Wildman–Crippen LogP) is 4.08. The Morgan fingerprint density at radius 1 is 1.12 bits per heavy atom. The summed E-state index contributed by atoms with van der Waals surface area (Å²) in [6, 6.07) is 8.34. The fraction of sp³-hybridized carbons (Fsp3) is 0.300. The second-order valence-corrected chi connectivity index (χ2v) is 9.40. The van der Waals surface area contributed by atoms with Gasteiger partial charge in [0, 0.05) is 24.5 Å². The highest BCUT2D eigenvalue weighted by Crippen LogP contribution is 2.35. The number of hydrogen-bond acceptors (Lipinski definition) is 7. The lowest BCUT2D eigenvalue weighted by molar-refractivity contribution is -0.144. The number of rotatable bonds is 5. The van der Waals surface area contributed by atoms with Crippen LogP contribution < -0.4 is 10.1 Å². The molecule has 2 aromatic carbocycles. The van der Waals surface area contributed by atoms with Gasteiger partial charge in [0.25, 0.3) is 0 Å². The summed E-state index contributed by atoms with van der Waals surface area (Å²) in [6.45, 7) is 0.936. The molecule has 0 bridgehead atoms. The highest BCUT2D eigenvalue weighted by Gasteiger charge is 2.36. The molecule has 13 heteroatoms. The summed E-state index contributed by atoms with van der Waals surface area (Å²) in [7, 11) is -2.47. The van der Waals surface area contributed by atoms with E-state index in [1.54, 1.807) is 6.07 Å². The molecule has 1 saturated heterocycles. The highest BCUT2D eigenvalue weighted by molar-refractivity contribution is 7.89. The van der Waals surface area contributed by atoms with E-state index in [1.807, 2.05) is 0 Å². The first-order valence-electron chi connectivity index (χ1n) is 9.67. The summed E-state index contributed by atoms with van der Waals surface area (Å²) < 4.78 is 77.8. The molecule has 33 heavy (non-hydrogen) atoms. The predicted molar refractivity (Wildman–Crippen MR) is 115 cm³/mol. The molecule has 4 rings (SSSR count). The van der Waals surface area contributed by atoms with Crippen LogP contribution in [0, 0.1) is 0 Å². The zero-order valence-electron chi connectivity index (χ0n) is 17.2. The maximum atomic E-state index is 13.4. The van der Waals surface area contributed by atoms with E-state index in [4.69, 9.17) is 21.1 Å². The summed E-state index contributed by atoms with van der Waals surface area (Å²) in [4.78, 5) is 7.15. The maximum Gasteiger partial charge on any atom is 0.451 e. The van der Waals surface area contributed by atoms with Gasteiger partial charge in [-0.25, -0.2) is 18.4 Å². The molecule has 1 aliphatic rings. The lowest BCUT2D eigenvalue weighted by Gasteiger charge is -2.26. The number of morpholine rings is 1. The number of hydrogen-bond donors (Lipinski definition) is 1. The highest BCUT2D eigenvalue weighted by atomic mass is 35.5. The minimum atomic E-state index is -4.81. The Bertz CT molecular complexity index is 1300. The maximum absolute atomic E-state index is 13.4. The molecule has 3 aromatic rings. The van der Waals surface area contributed by atoms with Crippen LogP contribution in [-0.2, 0) is 20.9 Å². The molecule has 0 atom stereocenters. The van der Waals surface area contributed by atoms with E-state index in [0.717, 1.165) is 0 Å². The third kappa shape index (κ3) is 4.83. The Labute approximate surface area is 192 Å². The van der Waals surface area contributed by atoms with Gasteiger partial charge in [0.05, 0.1) is 41.4 Å². The van der Waals surface area contributed by atoms with E-state index < -0.39 is 22.0 Å². The number of nitrogens with one attached hydrogen (secondary N) is 1. The standard InChI is InChI=1S/C20H18ClF3N4O4S/c1-31-12-2-4-14-16(10-12)26-19(20(22,23)24)27-18(14)25-17-11-13(3-5-15(17)21)33(29,30)28-6-8-32-9-7-28/h2-5,10-11H,6-9H2,1H3,(H,25,26,27). The van der Waals surface area contributed by atoms with Gasteiger partial charge in [-0.2, -0.15) is 17.5 Å². The van der Waals surface area contributed by atoms with Crippen molar-refractivity contribution in [2.24, 2.45) is 0 Å². The summed E-state index contributed by atoms with van der Waals surface area (Å²) in [6.07, 6.45) is -4.81. The molecule has 2 heterocycles. The van der Waals surface area contributed by atoms with Gasteiger partial charge in [0.15, 0.2) is 0 Å².